The first-order valence-corrected chi connectivity index (χ1v) is 9.72. The van der Waals surface area contributed by atoms with Gasteiger partial charge in [0, 0.05) is 27.2 Å². The van der Waals surface area contributed by atoms with Crippen molar-refractivity contribution in [2.45, 2.75) is 50.8 Å². The maximum Gasteiger partial charge on any atom is 0.330 e. The zero-order valence-electron chi connectivity index (χ0n) is 20.3. The minimum atomic E-state index is -4.07. The normalized spacial score (nSPS) is 35.6. The lowest BCUT2D eigenvalue weighted by Crippen LogP contribution is -2.43. The van der Waals surface area contributed by atoms with Crippen molar-refractivity contribution in [3.63, 3.8) is 0 Å². The zero-order valence-corrected chi connectivity index (χ0v) is 15.2. The van der Waals surface area contributed by atoms with Crippen LogP contribution in [0, 0.1) is 0 Å². The summed E-state index contributed by atoms with van der Waals surface area (Å²) >= 11 is 0. The second-order valence-electron chi connectivity index (χ2n) is 6.07. The van der Waals surface area contributed by atoms with Gasteiger partial charge in [0.2, 0.25) is 0 Å². The molecule has 2 heterocycles. The second kappa shape index (κ2) is 7.76. The third-order valence-electron chi connectivity index (χ3n) is 3.80. The first-order chi connectivity index (χ1) is 14.8. The van der Waals surface area contributed by atoms with Crippen LogP contribution in [0.5, 0.6) is 0 Å². The van der Waals surface area contributed by atoms with Crippen molar-refractivity contribution in [1.29, 1.82) is 0 Å². The van der Waals surface area contributed by atoms with Crippen LogP contribution in [0.3, 0.4) is 0 Å². The highest BCUT2D eigenvalue weighted by Gasteiger charge is 2.55. The van der Waals surface area contributed by atoms with E-state index in [1.165, 1.54) is 0 Å². The van der Waals surface area contributed by atoms with Gasteiger partial charge in [0.25, 0.3) is 13.1 Å². The third kappa shape index (κ3) is 4.80. The molecule has 6 atom stereocenters. The fourth-order valence-electron chi connectivity index (χ4n) is 2.34. The molecule has 1 saturated heterocycles. The molecule has 0 saturated carbocycles. The van der Waals surface area contributed by atoms with Crippen LogP contribution in [-0.2, 0) is 18.6 Å². The topological polar surface area (TPSA) is 140 Å². The third-order valence-corrected chi connectivity index (χ3v) is 5.17. The standard InChI is InChI=1S/C15H23FN3O7P/c1-8(9(2)20)18-27(4,24)25-7-10-12(22)15(3,16)13(26-10)19-6-5-11(21)17-14(19)23/h5-6,8,10,12-13,22H,7H2,1-4H3,(H,18,24)(H,17,21,23)/t8-,10+,12+,13+,15+,27+/m0/s1/i1D3,3D3. The highest BCUT2D eigenvalue weighted by atomic mass is 31.2. The molecular formula is C15H23FN3O7P. The zero-order chi connectivity index (χ0) is 25.6. The van der Waals surface area contributed by atoms with E-state index in [-0.39, 0.29) is 0 Å². The summed E-state index contributed by atoms with van der Waals surface area (Å²) < 4.78 is 83.8. The van der Waals surface area contributed by atoms with Crippen LogP contribution < -0.4 is 16.3 Å². The number of Topliss-reactive ketones (excluding diaryl/α,β-unsaturated/α-hetero) is 1. The predicted octanol–water partition coefficient (Wildman–Crippen LogP) is -0.0703. The molecule has 12 heteroatoms. The van der Waals surface area contributed by atoms with Crippen molar-refractivity contribution in [2.24, 2.45) is 0 Å². The molecule has 1 fully saturated rings. The fraction of sp³-hybridized carbons (Fsp3) is 0.667. The minimum absolute atomic E-state index is 0.432. The van der Waals surface area contributed by atoms with E-state index in [2.05, 4.69) is 5.09 Å². The molecule has 152 valence electrons. The van der Waals surface area contributed by atoms with Gasteiger partial charge < -0.3 is 14.4 Å². The number of halogens is 1. The highest BCUT2D eigenvalue weighted by Crippen LogP contribution is 2.44. The Kier molecular flexibility index (Phi) is 4.13. The van der Waals surface area contributed by atoms with Gasteiger partial charge in [0.1, 0.15) is 18.0 Å². The van der Waals surface area contributed by atoms with Crippen molar-refractivity contribution < 1.29 is 36.3 Å². The van der Waals surface area contributed by atoms with Crippen molar-refractivity contribution in [2.75, 3.05) is 13.3 Å². The number of nitrogens with one attached hydrogen (secondary N) is 2. The molecule has 0 radical (unpaired) electrons. The van der Waals surface area contributed by atoms with Crippen LogP contribution in [0.4, 0.5) is 4.39 Å². The summed E-state index contributed by atoms with van der Waals surface area (Å²) in [6.45, 7) is -5.41. The summed E-state index contributed by atoms with van der Waals surface area (Å²) in [5.41, 5.74) is -5.60. The summed E-state index contributed by atoms with van der Waals surface area (Å²) in [5, 5.41) is 12.5. The molecule has 0 amide bonds. The van der Waals surface area contributed by atoms with Gasteiger partial charge in [0.05, 0.1) is 12.6 Å². The number of nitrogens with zero attached hydrogens (tertiary/aromatic N) is 1. The first kappa shape index (κ1) is 14.4. The van der Waals surface area contributed by atoms with Gasteiger partial charge in [-0.2, -0.15) is 0 Å². The van der Waals surface area contributed by atoms with Gasteiger partial charge >= 0.3 is 5.69 Å². The summed E-state index contributed by atoms with van der Waals surface area (Å²) in [7, 11) is -4.07. The Morgan fingerprint density at radius 1 is 1.67 bits per heavy atom. The molecule has 1 aromatic rings. The number of ketones is 1. The molecule has 1 aliphatic heterocycles. The number of carbonyl (C=O) groups is 1. The lowest BCUT2D eigenvalue weighted by molar-refractivity contribution is -0.118. The Labute approximate surface area is 162 Å². The number of carbonyl (C=O) groups excluding carboxylic acids is 1. The SMILES string of the molecule is [2H]C([2H])([2H])[C@H](N[P@](C)(=O)OC[C@H]1O[C@@H](n2ccc(=O)[nH]c2=O)[C@@](F)(C([2H])([2H])[2H])[C@@H]1O)C(C)=O. The Morgan fingerprint density at radius 3 is 2.93 bits per heavy atom. The van der Waals surface area contributed by atoms with Crippen molar-refractivity contribution >= 4 is 13.3 Å². The van der Waals surface area contributed by atoms with Gasteiger partial charge in [-0.1, -0.05) is 0 Å². The average molecular weight is 413 g/mol. The molecule has 0 aliphatic carbocycles. The van der Waals surface area contributed by atoms with E-state index in [1.54, 1.807) is 4.98 Å². The Morgan fingerprint density at radius 2 is 2.37 bits per heavy atom. The van der Waals surface area contributed by atoms with E-state index in [1.807, 2.05) is 0 Å². The van der Waals surface area contributed by atoms with E-state index < -0.39 is 75.0 Å². The summed E-state index contributed by atoms with van der Waals surface area (Å²) in [4.78, 5) is 36.8. The van der Waals surface area contributed by atoms with Crippen LogP contribution in [0.15, 0.2) is 21.9 Å². The number of alkyl halides is 1. The first-order valence-electron chi connectivity index (χ1n) is 10.7. The summed E-state index contributed by atoms with van der Waals surface area (Å²) in [5.74, 6) is -0.861. The quantitative estimate of drug-likeness (QED) is 0.528. The van der Waals surface area contributed by atoms with E-state index in [4.69, 9.17) is 17.5 Å². The summed E-state index contributed by atoms with van der Waals surface area (Å²) in [6, 6.07) is -1.04. The molecule has 1 aromatic heterocycles. The van der Waals surface area contributed by atoms with Crippen molar-refractivity contribution in [3.8, 4) is 0 Å². The van der Waals surface area contributed by atoms with Gasteiger partial charge in [-0.15, -0.1) is 0 Å². The van der Waals surface area contributed by atoms with E-state index in [9.17, 15) is 24.1 Å². The molecule has 2 rings (SSSR count). The number of aliphatic hydroxyl groups excluding tert-OH is 1. The van der Waals surface area contributed by atoms with Crippen LogP contribution in [0.1, 0.15) is 35.1 Å². The molecule has 10 nitrogen and oxygen atoms in total. The minimum Gasteiger partial charge on any atom is -0.387 e. The van der Waals surface area contributed by atoms with Crippen LogP contribution in [0.25, 0.3) is 0 Å². The molecule has 0 bridgehead atoms. The van der Waals surface area contributed by atoms with E-state index in [0.29, 0.717) is 4.57 Å². The molecule has 0 aromatic carbocycles. The number of ether oxygens (including phenoxy) is 1. The number of hydrogen-bond acceptors (Lipinski definition) is 7. The molecule has 0 unspecified atom stereocenters. The fourth-order valence-corrected chi connectivity index (χ4v) is 3.50. The van der Waals surface area contributed by atoms with Crippen LogP contribution in [-0.4, -0.2) is 57.6 Å². The maximum absolute atomic E-state index is 15.7. The maximum atomic E-state index is 15.7. The predicted molar refractivity (Wildman–Crippen MR) is 93.5 cm³/mol. The number of aromatic nitrogens is 2. The lowest BCUT2D eigenvalue weighted by Gasteiger charge is -2.24. The van der Waals surface area contributed by atoms with Crippen LogP contribution >= 0.6 is 7.52 Å². The van der Waals surface area contributed by atoms with Crippen molar-refractivity contribution in [1.82, 2.24) is 14.6 Å². The van der Waals surface area contributed by atoms with Crippen LogP contribution in [0.2, 0.25) is 0 Å². The summed E-state index contributed by atoms with van der Waals surface area (Å²) in [6.07, 6.45) is -5.64. The van der Waals surface area contributed by atoms with Crippen molar-refractivity contribution in [3.05, 3.63) is 33.1 Å². The molecular weight excluding hydrogens is 384 g/mol. The number of H-pyrrole nitrogens is 1. The largest absolute Gasteiger partial charge is 0.387 e. The number of hydrogen-bond donors (Lipinski definition) is 3. The average Bonchev–Trinajstić information content (AvgIpc) is 2.89. The molecule has 0 spiro atoms. The second-order valence-corrected chi connectivity index (χ2v) is 8.28. The molecule has 1 aliphatic rings. The molecule has 27 heavy (non-hydrogen) atoms. The van der Waals surface area contributed by atoms with E-state index >= 15 is 4.39 Å². The molecule has 3 N–H and O–H groups in total. The smallest absolute Gasteiger partial charge is 0.330 e. The number of rotatable bonds is 7. The Bertz CT molecular complexity index is 1060. The Hall–Kier alpha value is -1.65. The monoisotopic (exact) mass is 413 g/mol. The Balaban J connectivity index is 2.31. The van der Waals surface area contributed by atoms with Gasteiger partial charge in [0.15, 0.2) is 11.9 Å². The highest BCUT2D eigenvalue weighted by molar-refractivity contribution is 7.56. The number of aromatic amines is 1. The lowest BCUT2D eigenvalue weighted by atomic mass is 9.98. The van der Waals surface area contributed by atoms with Gasteiger partial charge in [-0.3, -0.25) is 23.7 Å². The van der Waals surface area contributed by atoms with Gasteiger partial charge in [-0.05, 0) is 20.6 Å². The number of aliphatic hydroxyl groups is 1. The van der Waals surface area contributed by atoms with Gasteiger partial charge in [-0.25, -0.2) is 14.3 Å². The van der Waals surface area contributed by atoms with E-state index in [0.717, 1.165) is 25.9 Å².